The maximum atomic E-state index is 13.0. The highest BCUT2D eigenvalue weighted by atomic mass is 19.1. The van der Waals surface area contributed by atoms with E-state index in [1.165, 1.54) is 12.1 Å². The van der Waals surface area contributed by atoms with Crippen molar-refractivity contribution in [1.82, 2.24) is 20.2 Å². The molecule has 4 rings (SSSR count). The van der Waals surface area contributed by atoms with Gasteiger partial charge in [0.05, 0.1) is 6.42 Å². The average molecular weight is 432 g/mol. The Morgan fingerprint density at radius 3 is 2.19 bits per heavy atom. The summed E-state index contributed by atoms with van der Waals surface area (Å²) in [6, 6.07) is 13.7. The Kier molecular flexibility index (Phi) is 6.54. The van der Waals surface area contributed by atoms with Crippen LogP contribution in [0, 0.1) is 5.82 Å². The first kappa shape index (κ1) is 21.6. The monoisotopic (exact) mass is 432 g/mol. The molecule has 3 heterocycles. The van der Waals surface area contributed by atoms with Crippen LogP contribution in [0.15, 0.2) is 60.9 Å². The zero-order chi connectivity index (χ0) is 22.5. The predicted molar refractivity (Wildman–Crippen MR) is 120 cm³/mol. The summed E-state index contributed by atoms with van der Waals surface area (Å²) in [5.41, 5.74) is 4.07. The maximum Gasteiger partial charge on any atom is 0.269 e. The first-order chi connectivity index (χ1) is 15.5. The van der Waals surface area contributed by atoms with E-state index in [4.69, 9.17) is 0 Å². The summed E-state index contributed by atoms with van der Waals surface area (Å²) in [6.45, 7) is 1.39. The highest BCUT2D eigenvalue weighted by Gasteiger charge is 2.24. The van der Waals surface area contributed by atoms with Crippen molar-refractivity contribution >= 4 is 11.8 Å². The van der Waals surface area contributed by atoms with Crippen molar-refractivity contribution in [2.45, 2.75) is 25.2 Å². The molecule has 0 bridgehead atoms. The summed E-state index contributed by atoms with van der Waals surface area (Å²) in [5.74, 6) is -0.121. The van der Waals surface area contributed by atoms with Crippen molar-refractivity contribution in [3.05, 3.63) is 83.7 Å². The molecule has 0 spiro atoms. The van der Waals surface area contributed by atoms with Gasteiger partial charge < -0.3 is 10.2 Å². The SMILES string of the molecule is CNC(=O)c1ccc(-c2ccc(C3CCN(C(=O)Cc4ccc(F)cc4)CC3)nc2)cn1. The lowest BCUT2D eigenvalue weighted by molar-refractivity contribution is -0.131. The molecule has 1 saturated heterocycles. The number of hydrogen-bond donors (Lipinski definition) is 1. The lowest BCUT2D eigenvalue weighted by Crippen LogP contribution is -2.38. The van der Waals surface area contributed by atoms with Gasteiger partial charge in [0.25, 0.3) is 5.91 Å². The zero-order valence-electron chi connectivity index (χ0n) is 17.9. The molecule has 0 radical (unpaired) electrons. The molecule has 6 nitrogen and oxygen atoms in total. The van der Waals surface area contributed by atoms with E-state index in [1.54, 1.807) is 31.4 Å². The highest BCUT2D eigenvalue weighted by Crippen LogP contribution is 2.28. The molecule has 1 aromatic carbocycles. The fourth-order valence-electron chi connectivity index (χ4n) is 3.96. The largest absolute Gasteiger partial charge is 0.354 e. The molecule has 0 aliphatic carbocycles. The van der Waals surface area contributed by atoms with Crippen LogP contribution in [0.3, 0.4) is 0 Å². The number of carbonyl (C=O) groups is 2. The highest BCUT2D eigenvalue weighted by molar-refractivity contribution is 5.92. The normalized spacial score (nSPS) is 14.2. The molecule has 2 amide bonds. The standard InChI is InChI=1S/C25H25FN4O2/c1-27-25(32)23-9-5-20(16-29-23)19-4-8-22(28-15-19)18-10-12-30(13-11-18)24(31)14-17-2-6-21(26)7-3-17/h2-9,15-16,18H,10-14H2,1H3,(H,27,32). The molecule has 1 aliphatic rings. The molecule has 2 aromatic heterocycles. The molecular formula is C25H25FN4O2. The van der Waals surface area contributed by atoms with Crippen LogP contribution < -0.4 is 5.32 Å². The molecule has 164 valence electrons. The van der Waals surface area contributed by atoms with Gasteiger partial charge in [-0.1, -0.05) is 24.3 Å². The number of amides is 2. The first-order valence-electron chi connectivity index (χ1n) is 10.7. The number of rotatable bonds is 5. The second kappa shape index (κ2) is 9.68. The summed E-state index contributed by atoms with van der Waals surface area (Å²) in [5, 5.41) is 2.56. The topological polar surface area (TPSA) is 75.2 Å². The van der Waals surface area contributed by atoms with E-state index < -0.39 is 0 Å². The van der Waals surface area contributed by atoms with Crippen molar-refractivity contribution in [2.24, 2.45) is 0 Å². The Labute approximate surface area is 186 Å². The summed E-state index contributed by atoms with van der Waals surface area (Å²) < 4.78 is 13.0. The van der Waals surface area contributed by atoms with Crippen LogP contribution in [-0.2, 0) is 11.2 Å². The number of nitrogens with one attached hydrogen (secondary N) is 1. The third kappa shape index (κ3) is 4.99. The number of aromatic nitrogens is 2. The van der Waals surface area contributed by atoms with Crippen LogP contribution in [0.1, 0.15) is 40.5 Å². The van der Waals surface area contributed by atoms with Gasteiger partial charge >= 0.3 is 0 Å². The number of likely N-dealkylation sites (tertiary alicyclic amines) is 1. The Morgan fingerprint density at radius 2 is 1.62 bits per heavy atom. The molecule has 0 atom stereocenters. The van der Waals surface area contributed by atoms with Crippen molar-refractivity contribution in [1.29, 1.82) is 0 Å². The van der Waals surface area contributed by atoms with E-state index in [0.29, 0.717) is 31.1 Å². The molecule has 3 aromatic rings. The molecule has 0 unspecified atom stereocenters. The third-order valence-corrected chi connectivity index (χ3v) is 5.88. The van der Waals surface area contributed by atoms with Gasteiger partial charge in [0, 0.05) is 55.3 Å². The predicted octanol–water partition coefficient (Wildman–Crippen LogP) is 3.59. The van der Waals surface area contributed by atoms with Gasteiger partial charge in [0.2, 0.25) is 5.91 Å². The summed E-state index contributed by atoms with van der Waals surface area (Å²) in [6.07, 6.45) is 5.53. The van der Waals surface area contributed by atoms with Gasteiger partial charge in [-0.3, -0.25) is 19.6 Å². The van der Waals surface area contributed by atoms with Crippen molar-refractivity contribution in [3.63, 3.8) is 0 Å². The summed E-state index contributed by atoms with van der Waals surface area (Å²) in [7, 11) is 1.58. The Balaban J connectivity index is 1.33. The molecule has 1 N–H and O–H groups in total. The molecular weight excluding hydrogens is 407 g/mol. The maximum absolute atomic E-state index is 13.0. The lowest BCUT2D eigenvalue weighted by atomic mass is 9.92. The van der Waals surface area contributed by atoms with Gasteiger partial charge in [-0.25, -0.2) is 4.39 Å². The minimum atomic E-state index is -0.294. The van der Waals surface area contributed by atoms with Gasteiger partial charge in [-0.2, -0.15) is 0 Å². The molecule has 1 aliphatic heterocycles. The van der Waals surface area contributed by atoms with Gasteiger partial charge in [-0.05, 0) is 42.7 Å². The number of pyridine rings is 2. The lowest BCUT2D eigenvalue weighted by Gasteiger charge is -2.32. The minimum Gasteiger partial charge on any atom is -0.354 e. The Hall–Kier alpha value is -3.61. The molecule has 32 heavy (non-hydrogen) atoms. The van der Waals surface area contributed by atoms with Gasteiger partial charge in [-0.15, -0.1) is 0 Å². The second-order valence-corrected chi connectivity index (χ2v) is 7.94. The van der Waals surface area contributed by atoms with Crippen LogP contribution in [0.4, 0.5) is 4.39 Å². The van der Waals surface area contributed by atoms with Crippen LogP contribution in [0.25, 0.3) is 11.1 Å². The van der Waals surface area contributed by atoms with E-state index >= 15 is 0 Å². The van der Waals surface area contributed by atoms with Gasteiger partial charge in [0.1, 0.15) is 11.5 Å². The number of carbonyl (C=O) groups excluding carboxylic acids is 2. The molecule has 1 fully saturated rings. The quantitative estimate of drug-likeness (QED) is 0.669. The van der Waals surface area contributed by atoms with Gasteiger partial charge in [0.15, 0.2) is 0 Å². The van der Waals surface area contributed by atoms with Crippen LogP contribution in [0.5, 0.6) is 0 Å². The van der Waals surface area contributed by atoms with Crippen LogP contribution in [-0.4, -0.2) is 46.8 Å². The van der Waals surface area contributed by atoms with Crippen molar-refractivity contribution in [2.75, 3.05) is 20.1 Å². The van der Waals surface area contributed by atoms with E-state index in [0.717, 1.165) is 35.2 Å². The van der Waals surface area contributed by atoms with Crippen molar-refractivity contribution < 1.29 is 14.0 Å². The van der Waals surface area contributed by atoms with Crippen molar-refractivity contribution in [3.8, 4) is 11.1 Å². The molecule has 0 saturated carbocycles. The number of halogens is 1. The third-order valence-electron chi connectivity index (χ3n) is 5.88. The van der Waals surface area contributed by atoms with Crippen LogP contribution >= 0.6 is 0 Å². The fourth-order valence-corrected chi connectivity index (χ4v) is 3.96. The number of benzene rings is 1. The average Bonchev–Trinajstić information content (AvgIpc) is 2.85. The van der Waals surface area contributed by atoms with E-state index in [2.05, 4.69) is 15.3 Å². The summed E-state index contributed by atoms with van der Waals surface area (Å²) >= 11 is 0. The van der Waals surface area contributed by atoms with E-state index in [-0.39, 0.29) is 17.6 Å². The van der Waals surface area contributed by atoms with E-state index in [1.807, 2.05) is 29.3 Å². The fraction of sp³-hybridized carbons (Fsp3) is 0.280. The minimum absolute atomic E-state index is 0.0751. The summed E-state index contributed by atoms with van der Waals surface area (Å²) in [4.78, 5) is 34.9. The van der Waals surface area contributed by atoms with Crippen LogP contribution in [0.2, 0.25) is 0 Å². The smallest absolute Gasteiger partial charge is 0.269 e. The first-order valence-corrected chi connectivity index (χ1v) is 10.7. The Morgan fingerprint density at radius 1 is 0.969 bits per heavy atom. The Bertz CT molecular complexity index is 1070. The second-order valence-electron chi connectivity index (χ2n) is 7.94. The number of piperidine rings is 1. The number of nitrogens with zero attached hydrogens (tertiary/aromatic N) is 3. The number of hydrogen-bond acceptors (Lipinski definition) is 4. The van der Waals surface area contributed by atoms with E-state index in [9.17, 15) is 14.0 Å². The zero-order valence-corrected chi connectivity index (χ0v) is 17.9. The molecule has 7 heteroatoms.